The van der Waals surface area contributed by atoms with Gasteiger partial charge in [0.05, 0.1) is 12.8 Å². The number of nitrogens with zero attached hydrogens (tertiary/aromatic N) is 2. The predicted octanol–water partition coefficient (Wildman–Crippen LogP) is 1.64. The SMILES string of the molecule is CC(C)CN1CC(N(C)COC(C)C)C1. The van der Waals surface area contributed by atoms with Gasteiger partial charge < -0.3 is 4.74 Å². The number of likely N-dealkylation sites (N-methyl/N-ethyl adjacent to an activating group) is 1. The van der Waals surface area contributed by atoms with E-state index in [9.17, 15) is 0 Å². The van der Waals surface area contributed by atoms with Gasteiger partial charge in [-0.2, -0.15) is 0 Å². The summed E-state index contributed by atoms with van der Waals surface area (Å²) in [4.78, 5) is 4.83. The molecule has 1 saturated heterocycles. The lowest BCUT2D eigenvalue weighted by Gasteiger charge is -2.44. The molecular weight excluding hydrogens is 188 g/mol. The van der Waals surface area contributed by atoms with Crippen molar-refractivity contribution in [2.45, 2.75) is 39.8 Å². The maximum atomic E-state index is 5.58. The van der Waals surface area contributed by atoms with Crippen LogP contribution in [-0.2, 0) is 4.74 Å². The van der Waals surface area contributed by atoms with Crippen LogP contribution in [0.4, 0.5) is 0 Å². The van der Waals surface area contributed by atoms with Crippen molar-refractivity contribution in [3.63, 3.8) is 0 Å². The fraction of sp³-hybridized carbons (Fsp3) is 1.00. The second-order valence-electron chi connectivity index (χ2n) is 5.37. The molecule has 0 N–H and O–H groups in total. The van der Waals surface area contributed by atoms with E-state index in [0.29, 0.717) is 12.1 Å². The third-order valence-corrected chi connectivity index (χ3v) is 2.80. The van der Waals surface area contributed by atoms with Crippen LogP contribution in [0.25, 0.3) is 0 Å². The largest absolute Gasteiger partial charge is 0.363 e. The van der Waals surface area contributed by atoms with E-state index in [2.05, 4.69) is 44.5 Å². The lowest BCUT2D eigenvalue weighted by molar-refractivity contribution is -0.0516. The quantitative estimate of drug-likeness (QED) is 0.625. The Bertz CT molecular complexity index is 176. The summed E-state index contributed by atoms with van der Waals surface area (Å²) < 4.78 is 5.58. The lowest BCUT2D eigenvalue weighted by atomic mass is 10.1. The summed E-state index contributed by atoms with van der Waals surface area (Å²) in [5.41, 5.74) is 0. The van der Waals surface area contributed by atoms with Gasteiger partial charge in [0.1, 0.15) is 0 Å². The Kier molecular flexibility index (Phi) is 5.03. The molecule has 1 fully saturated rings. The molecule has 0 aromatic rings. The topological polar surface area (TPSA) is 15.7 Å². The summed E-state index contributed by atoms with van der Waals surface area (Å²) in [5.74, 6) is 0.781. The van der Waals surface area contributed by atoms with E-state index in [1.807, 2.05) is 0 Å². The van der Waals surface area contributed by atoms with Crippen LogP contribution < -0.4 is 0 Å². The van der Waals surface area contributed by atoms with Crippen molar-refractivity contribution in [1.29, 1.82) is 0 Å². The minimum atomic E-state index is 0.333. The number of hydrogen-bond donors (Lipinski definition) is 0. The van der Waals surface area contributed by atoms with Crippen molar-refractivity contribution >= 4 is 0 Å². The molecular formula is C12H26N2O. The molecule has 1 rings (SSSR count). The van der Waals surface area contributed by atoms with Crippen molar-refractivity contribution < 1.29 is 4.74 Å². The summed E-state index contributed by atoms with van der Waals surface area (Å²) >= 11 is 0. The van der Waals surface area contributed by atoms with Gasteiger partial charge >= 0.3 is 0 Å². The van der Waals surface area contributed by atoms with E-state index in [1.165, 1.54) is 19.6 Å². The monoisotopic (exact) mass is 214 g/mol. The minimum Gasteiger partial charge on any atom is -0.363 e. The molecule has 1 aliphatic rings. The van der Waals surface area contributed by atoms with E-state index < -0.39 is 0 Å². The van der Waals surface area contributed by atoms with E-state index in [4.69, 9.17) is 4.74 Å². The smallest absolute Gasteiger partial charge is 0.0994 e. The van der Waals surface area contributed by atoms with Gasteiger partial charge in [-0.15, -0.1) is 0 Å². The lowest BCUT2D eigenvalue weighted by Crippen LogP contribution is -2.59. The second kappa shape index (κ2) is 5.83. The number of hydrogen-bond acceptors (Lipinski definition) is 3. The highest BCUT2D eigenvalue weighted by Gasteiger charge is 2.29. The summed E-state index contributed by atoms with van der Waals surface area (Å²) in [6.45, 7) is 13.1. The summed E-state index contributed by atoms with van der Waals surface area (Å²) in [5, 5.41) is 0. The highest BCUT2D eigenvalue weighted by molar-refractivity contribution is 4.86. The molecule has 0 aromatic carbocycles. The third-order valence-electron chi connectivity index (χ3n) is 2.80. The zero-order chi connectivity index (χ0) is 11.4. The van der Waals surface area contributed by atoms with Crippen LogP contribution in [0.3, 0.4) is 0 Å². The molecule has 1 heterocycles. The van der Waals surface area contributed by atoms with Crippen LogP contribution in [0.15, 0.2) is 0 Å². The van der Waals surface area contributed by atoms with Crippen molar-refractivity contribution in [1.82, 2.24) is 9.80 Å². The Morgan fingerprint density at radius 3 is 2.33 bits per heavy atom. The normalized spacial score (nSPS) is 19.2. The molecule has 0 radical (unpaired) electrons. The highest BCUT2D eigenvalue weighted by atomic mass is 16.5. The molecule has 0 amide bonds. The molecule has 15 heavy (non-hydrogen) atoms. The van der Waals surface area contributed by atoms with Gasteiger partial charge in [-0.1, -0.05) is 13.8 Å². The first-order valence-electron chi connectivity index (χ1n) is 6.03. The summed E-state index contributed by atoms with van der Waals surface area (Å²) in [6, 6.07) is 0.697. The van der Waals surface area contributed by atoms with Gasteiger partial charge in [-0.3, -0.25) is 9.80 Å². The molecule has 0 atom stereocenters. The van der Waals surface area contributed by atoms with Crippen LogP contribution in [0, 0.1) is 5.92 Å². The maximum absolute atomic E-state index is 5.58. The van der Waals surface area contributed by atoms with Crippen LogP contribution in [0.1, 0.15) is 27.7 Å². The first kappa shape index (κ1) is 12.9. The zero-order valence-electron chi connectivity index (χ0n) is 10.9. The average Bonchev–Trinajstić information content (AvgIpc) is 2.06. The van der Waals surface area contributed by atoms with Crippen LogP contribution in [-0.4, -0.2) is 55.4 Å². The molecule has 3 heteroatoms. The third kappa shape index (κ3) is 4.49. The number of rotatable bonds is 6. The average molecular weight is 214 g/mol. The highest BCUT2D eigenvalue weighted by Crippen LogP contribution is 2.15. The first-order chi connectivity index (χ1) is 6.99. The second-order valence-corrected chi connectivity index (χ2v) is 5.37. The number of ether oxygens (including phenoxy) is 1. The molecule has 0 aromatic heterocycles. The Morgan fingerprint density at radius 2 is 1.87 bits per heavy atom. The van der Waals surface area contributed by atoms with Gasteiger partial charge in [0, 0.05) is 25.7 Å². The summed E-state index contributed by atoms with van der Waals surface area (Å²) in [6.07, 6.45) is 0.333. The molecule has 0 bridgehead atoms. The molecule has 0 saturated carbocycles. The van der Waals surface area contributed by atoms with Crippen LogP contribution in [0.2, 0.25) is 0 Å². The minimum absolute atomic E-state index is 0.333. The van der Waals surface area contributed by atoms with Crippen molar-refractivity contribution in [2.24, 2.45) is 5.92 Å². The summed E-state index contributed by atoms with van der Waals surface area (Å²) in [7, 11) is 2.15. The van der Waals surface area contributed by atoms with Crippen molar-refractivity contribution in [3.05, 3.63) is 0 Å². The Morgan fingerprint density at radius 1 is 1.27 bits per heavy atom. The Hall–Kier alpha value is -0.120. The van der Waals surface area contributed by atoms with E-state index in [1.54, 1.807) is 0 Å². The fourth-order valence-corrected chi connectivity index (χ4v) is 1.86. The molecule has 0 aliphatic carbocycles. The van der Waals surface area contributed by atoms with Crippen molar-refractivity contribution in [3.8, 4) is 0 Å². The molecule has 1 aliphatic heterocycles. The van der Waals surface area contributed by atoms with Gasteiger partial charge in [0.25, 0.3) is 0 Å². The van der Waals surface area contributed by atoms with Gasteiger partial charge in [0.2, 0.25) is 0 Å². The van der Waals surface area contributed by atoms with Gasteiger partial charge in [0.15, 0.2) is 0 Å². The number of likely N-dealkylation sites (tertiary alicyclic amines) is 1. The van der Waals surface area contributed by atoms with Gasteiger partial charge in [-0.05, 0) is 26.8 Å². The molecule has 3 nitrogen and oxygen atoms in total. The molecule has 0 spiro atoms. The maximum Gasteiger partial charge on any atom is 0.0994 e. The van der Waals surface area contributed by atoms with E-state index in [0.717, 1.165) is 12.6 Å². The standard InChI is InChI=1S/C12H26N2O/c1-10(2)6-14-7-12(8-14)13(5)9-15-11(3)4/h10-12H,6-9H2,1-5H3. The van der Waals surface area contributed by atoms with Gasteiger partial charge in [-0.25, -0.2) is 0 Å². The van der Waals surface area contributed by atoms with Crippen LogP contribution >= 0.6 is 0 Å². The van der Waals surface area contributed by atoms with E-state index >= 15 is 0 Å². The Labute approximate surface area is 94.4 Å². The molecule has 0 unspecified atom stereocenters. The predicted molar refractivity (Wildman–Crippen MR) is 63.9 cm³/mol. The zero-order valence-corrected chi connectivity index (χ0v) is 10.9. The fourth-order valence-electron chi connectivity index (χ4n) is 1.86. The first-order valence-corrected chi connectivity index (χ1v) is 6.03. The molecule has 90 valence electrons. The van der Waals surface area contributed by atoms with Crippen LogP contribution in [0.5, 0.6) is 0 Å². The van der Waals surface area contributed by atoms with Crippen molar-refractivity contribution in [2.75, 3.05) is 33.4 Å². The Balaban J connectivity index is 2.09. The van der Waals surface area contributed by atoms with E-state index in [-0.39, 0.29) is 0 Å².